The van der Waals surface area contributed by atoms with Crippen LogP contribution in [0.15, 0.2) is 158 Å². The van der Waals surface area contributed by atoms with E-state index < -0.39 is 0 Å². The van der Waals surface area contributed by atoms with Gasteiger partial charge in [-0.1, -0.05) is 300 Å². The van der Waals surface area contributed by atoms with Crippen LogP contribution in [0.25, 0.3) is 66.2 Å². The zero-order valence-electron chi connectivity index (χ0n) is 55.4. The van der Waals surface area contributed by atoms with Crippen molar-refractivity contribution in [2.75, 3.05) is 6.61 Å². The molecule has 10 rings (SSSR count). The first kappa shape index (κ1) is 63.6. The third kappa shape index (κ3) is 13.7. The second-order valence-corrected chi connectivity index (χ2v) is 27.6. The first-order valence-corrected chi connectivity index (χ1v) is 34.9. The Morgan fingerprint density at radius 1 is 0.425 bits per heavy atom. The number of imidazole rings is 1. The largest absolute Gasteiger partial charge is 0.493 e. The summed E-state index contributed by atoms with van der Waals surface area (Å²) in [6, 6.07) is 61.3. The van der Waals surface area contributed by atoms with Gasteiger partial charge in [-0.3, -0.25) is 0 Å². The lowest BCUT2D eigenvalue weighted by Gasteiger charge is -2.35. The molecular weight excluding hydrogens is 1050 g/mol. The van der Waals surface area contributed by atoms with Gasteiger partial charge in [0, 0.05) is 39.1 Å². The molecule has 1 aliphatic rings. The van der Waals surface area contributed by atoms with Crippen molar-refractivity contribution < 1.29 is 4.74 Å². The molecule has 3 nitrogen and oxygen atoms in total. The molecule has 0 aliphatic heterocycles. The molecule has 1 aromatic heterocycles. The highest BCUT2D eigenvalue weighted by molar-refractivity contribution is 6.24. The molecule has 0 saturated carbocycles. The van der Waals surface area contributed by atoms with Crippen LogP contribution < -0.4 is 4.74 Å². The van der Waals surface area contributed by atoms with E-state index in [4.69, 9.17) is 9.72 Å². The molecule has 0 fully saturated rings. The molecule has 2 atom stereocenters. The fourth-order valence-electron chi connectivity index (χ4n) is 15.0. The van der Waals surface area contributed by atoms with Crippen molar-refractivity contribution >= 4 is 32.6 Å². The summed E-state index contributed by atoms with van der Waals surface area (Å²) in [7, 11) is 0. The van der Waals surface area contributed by atoms with E-state index in [1.165, 1.54) is 200 Å². The van der Waals surface area contributed by atoms with Gasteiger partial charge in [-0.25, -0.2) is 4.98 Å². The molecule has 8 aromatic carbocycles. The number of hydrogen-bond acceptors (Lipinski definition) is 2. The van der Waals surface area contributed by atoms with E-state index in [0.717, 1.165) is 48.6 Å². The second kappa shape index (κ2) is 29.2. The van der Waals surface area contributed by atoms with Crippen LogP contribution in [0.3, 0.4) is 0 Å². The number of fused-ring (bicyclic) bond motifs is 9. The maximum Gasteiger partial charge on any atom is 0.141 e. The average molecular weight is 1160 g/mol. The summed E-state index contributed by atoms with van der Waals surface area (Å²) in [6.07, 6.45) is 27.6. The zero-order chi connectivity index (χ0) is 61.0. The molecule has 0 bridgehead atoms. The SMILES string of the molecule is CCCCCCCCC1(CCCCCCCC)c2cc(-c3ccc4c5ccc(C(C)(C)c6ccccc6)cc5c5c(nc(-c6ccc(OCC(CC)CCCC)cc6)n5CC(CC)CCCC)c4c3)ccc2-c2ccc(C(C)(C)c3ccccc3)cc21. The fraction of sp³-hybridized carbons (Fsp3) is 0.464. The van der Waals surface area contributed by atoms with Crippen LogP contribution in [0.2, 0.25) is 0 Å². The van der Waals surface area contributed by atoms with Gasteiger partial charge in [0.1, 0.15) is 11.6 Å². The molecule has 9 aromatic rings. The second-order valence-electron chi connectivity index (χ2n) is 27.6. The van der Waals surface area contributed by atoms with E-state index in [-0.39, 0.29) is 16.2 Å². The molecule has 1 aliphatic carbocycles. The number of nitrogens with zero attached hydrogens (tertiary/aromatic N) is 2. The summed E-state index contributed by atoms with van der Waals surface area (Å²) in [5, 5.41) is 5.07. The topological polar surface area (TPSA) is 27.1 Å². The van der Waals surface area contributed by atoms with Gasteiger partial charge in [0.05, 0.1) is 17.6 Å². The van der Waals surface area contributed by atoms with Crippen molar-refractivity contribution in [2.24, 2.45) is 11.8 Å². The zero-order valence-corrected chi connectivity index (χ0v) is 55.4. The van der Waals surface area contributed by atoms with Crippen molar-refractivity contribution in [3.63, 3.8) is 0 Å². The van der Waals surface area contributed by atoms with E-state index in [1.807, 2.05) is 0 Å². The highest BCUT2D eigenvalue weighted by atomic mass is 16.5. The quantitative estimate of drug-likeness (QED) is 0.0303. The molecule has 0 N–H and O–H groups in total. The van der Waals surface area contributed by atoms with Crippen LogP contribution in [0.5, 0.6) is 5.75 Å². The number of aromatic nitrogens is 2. The minimum Gasteiger partial charge on any atom is -0.493 e. The van der Waals surface area contributed by atoms with Crippen molar-refractivity contribution in [1.29, 1.82) is 0 Å². The number of benzene rings is 8. The molecule has 2 unspecified atom stereocenters. The van der Waals surface area contributed by atoms with Crippen LogP contribution >= 0.6 is 0 Å². The molecule has 458 valence electrons. The van der Waals surface area contributed by atoms with Crippen molar-refractivity contribution in [3.8, 4) is 39.4 Å². The Kier molecular flexibility index (Phi) is 21.4. The van der Waals surface area contributed by atoms with Gasteiger partial charge >= 0.3 is 0 Å². The highest BCUT2D eigenvalue weighted by Gasteiger charge is 2.43. The monoisotopic (exact) mass is 1160 g/mol. The Balaban J connectivity index is 1.16. The van der Waals surface area contributed by atoms with Gasteiger partial charge in [-0.15, -0.1) is 0 Å². The molecule has 3 heteroatoms. The van der Waals surface area contributed by atoms with Crippen molar-refractivity contribution in [3.05, 3.63) is 191 Å². The normalized spacial score (nSPS) is 13.8. The van der Waals surface area contributed by atoms with Gasteiger partial charge in [0.25, 0.3) is 0 Å². The summed E-state index contributed by atoms with van der Waals surface area (Å²) in [4.78, 5) is 5.97. The maximum absolute atomic E-state index is 6.56. The van der Waals surface area contributed by atoms with E-state index in [1.54, 1.807) is 11.1 Å². The van der Waals surface area contributed by atoms with E-state index in [0.29, 0.717) is 11.8 Å². The van der Waals surface area contributed by atoms with E-state index in [2.05, 4.69) is 232 Å². The lowest BCUT2D eigenvalue weighted by Crippen LogP contribution is -2.27. The van der Waals surface area contributed by atoms with Gasteiger partial charge in [0.15, 0.2) is 0 Å². The molecule has 0 saturated heterocycles. The van der Waals surface area contributed by atoms with Gasteiger partial charge in [-0.2, -0.15) is 0 Å². The number of rotatable bonds is 33. The van der Waals surface area contributed by atoms with Crippen LogP contribution in [0.1, 0.15) is 244 Å². The van der Waals surface area contributed by atoms with Gasteiger partial charge in [0.2, 0.25) is 0 Å². The lowest BCUT2D eigenvalue weighted by atomic mass is 9.68. The smallest absolute Gasteiger partial charge is 0.141 e. The predicted octanol–water partition coefficient (Wildman–Crippen LogP) is 24.9. The maximum atomic E-state index is 6.56. The molecular formula is C84H106N2O. The summed E-state index contributed by atoms with van der Waals surface area (Å²) in [5.41, 5.74) is 17.1. The molecule has 1 heterocycles. The highest BCUT2D eigenvalue weighted by Crippen LogP contribution is 2.56. The van der Waals surface area contributed by atoms with Crippen LogP contribution in [-0.2, 0) is 22.8 Å². The molecule has 87 heavy (non-hydrogen) atoms. The summed E-state index contributed by atoms with van der Waals surface area (Å²) < 4.78 is 9.21. The summed E-state index contributed by atoms with van der Waals surface area (Å²) >= 11 is 0. The van der Waals surface area contributed by atoms with Gasteiger partial charge < -0.3 is 9.30 Å². The summed E-state index contributed by atoms with van der Waals surface area (Å²) in [5.74, 6) is 3.08. The Bertz CT molecular complexity index is 3640. The fourth-order valence-corrected chi connectivity index (χ4v) is 15.0. The van der Waals surface area contributed by atoms with E-state index in [9.17, 15) is 0 Å². The van der Waals surface area contributed by atoms with E-state index >= 15 is 0 Å². The van der Waals surface area contributed by atoms with Crippen LogP contribution in [-0.4, -0.2) is 16.2 Å². The Morgan fingerprint density at radius 3 is 1.51 bits per heavy atom. The Morgan fingerprint density at radius 2 is 0.908 bits per heavy atom. The summed E-state index contributed by atoms with van der Waals surface area (Å²) in [6.45, 7) is 25.3. The van der Waals surface area contributed by atoms with Crippen molar-refractivity contribution in [1.82, 2.24) is 9.55 Å². The molecule has 0 amide bonds. The average Bonchev–Trinajstić information content (AvgIpc) is 2.33. The van der Waals surface area contributed by atoms with Gasteiger partial charge in [-0.05, 0) is 146 Å². The van der Waals surface area contributed by atoms with Crippen molar-refractivity contribution in [2.45, 2.75) is 233 Å². The first-order valence-electron chi connectivity index (χ1n) is 34.9. The Hall–Kier alpha value is -6.45. The Labute approximate surface area is 526 Å². The molecule has 0 spiro atoms. The lowest BCUT2D eigenvalue weighted by molar-refractivity contribution is 0.233. The number of unbranched alkanes of at least 4 members (excludes halogenated alkanes) is 12. The third-order valence-corrected chi connectivity index (χ3v) is 21.0. The van der Waals surface area contributed by atoms with Crippen LogP contribution in [0.4, 0.5) is 0 Å². The standard InChI is InChI=1S/C84H106N2O/c1-11-17-21-23-25-33-53-84(54-34-26-24-22-18-12-2)77-56-65(44-50-73(77)74-52-46-69(58-78(74)84)83(9,10)67-39-31-28-32-40-67)64-43-49-71-72-51-45-68(82(7,8)66-37-29-27-30-38-66)57-76(72)80-79(75(71)55-64)85-81(86(80)59-61(15-5)35-19-13-3)63-41-47-70(48-42-63)87-60-62(16-6)36-20-14-4/h27-32,37-52,55-58,61-62H,11-26,33-36,53-54,59-60H2,1-10H3. The van der Waals surface area contributed by atoms with Crippen LogP contribution in [0, 0.1) is 11.8 Å². The molecule has 0 radical (unpaired) electrons. The third-order valence-electron chi connectivity index (χ3n) is 21.0. The minimum absolute atomic E-state index is 0.0703. The number of ether oxygens (including phenoxy) is 1. The first-order chi connectivity index (χ1) is 42.4. The predicted molar refractivity (Wildman–Crippen MR) is 377 cm³/mol. The minimum atomic E-state index is -0.212. The number of hydrogen-bond donors (Lipinski definition) is 0.